The molecule has 1 saturated heterocycles. The van der Waals surface area contributed by atoms with Crippen LogP contribution in [0.3, 0.4) is 0 Å². The van der Waals surface area contributed by atoms with E-state index in [9.17, 15) is 4.79 Å². The molecule has 1 atom stereocenters. The van der Waals surface area contributed by atoms with E-state index in [4.69, 9.17) is 0 Å². The van der Waals surface area contributed by atoms with Gasteiger partial charge in [-0.25, -0.2) is 4.68 Å². The number of nitrogens with zero attached hydrogens (tertiary/aromatic N) is 7. The van der Waals surface area contributed by atoms with Crippen LogP contribution in [0.25, 0.3) is 0 Å². The molecule has 28 heavy (non-hydrogen) atoms. The van der Waals surface area contributed by atoms with Gasteiger partial charge in [0.1, 0.15) is 11.6 Å². The molecule has 2 aliphatic rings. The molecule has 1 aliphatic carbocycles. The Bertz CT molecular complexity index is 883. The van der Waals surface area contributed by atoms with Crippen molar-refractivity contribution in [3.05, 3.63) is 34.3 Å². The van der Waals surface area contributed by atoms with Gasteiger partial charge in [-0.05, 0) is 46.1 Å². The summed E-state index contributed by atoms with van der Waals surface area (Å²) >= 11 is 0. The van der Waals surface area contributed by atoms with Crippen molar-refractivity contribution in [2.24, 2.45) is 7.05 Å². The molecule has 1 saturated carbocycles. The van der Waals surface area contributed by atoms with Crippen LogP contribution in [-0.2, 0) is 13.6 Å². The number of anilines is 1. The van der Waals surface area contributed by atoms with Gasteiger partial charge in [-0.1, -0.05) is 0 Å². The zero-order valence-electron chi connectivity index (χ0n) is 17.4. The highest BCUT2D eigenvalue weighted by atomic mass is 16.1. The van der Waals surface area contributed by atoms with Crippen molar-refractivity contribution in [2.45, 2.75) is 64.1 Å². The van der Waals surface area contributed by atoms with Crippen LogP contribution >= 0.6 is 0 Å². The summed E-state index contributed by atoms with van der Waals surface area (Å²) in [4.78, 5) is 17.1. The highest BCUT2D eigenvalue weighted by Crippen LogP contribution is 2.38. The topological polar surface area (TPSA) is 72.1 Å². The summed E-state index contributed by atoms with van der Waals surface area (Å²) in [6.45, 7) is 6.82. The maximum absolute atomic E-state index is 12.7. The summed E-state index contributed by atoms with van der Waals surface area (Å²) in [5, 5.41) is 13.3. The fraction of sp³-hybridized carbons (Fsp3) is 0.700. The van der Waals surface area contributed by atoms with Crippen molar-refractivity contribution >= 4 is 5.69 Å². The van der Waals surface area contributed by atoms with E-state index in [-0.39, 0.29) is 11.6 Å². The van der Waals surface area contributed by atoms with Crippen LogP contribution in [0.5, 0.6) is 0 Å². The van der Waals surface area contributed by atoms with Crippen LogP contribution in [0.4, 0.5) is 5.69 Å². The predicted octanol–water partition coefficient (Wildman–Crippen LogP) is 1.93. The number of piperidine rings is 1. The van der Waals surface area contributed by atoms with E-state index in [1.54, 1.807) is 10.7 Å². The van der Waals surface area contributed by atoms with E-state index in [1.807, 2.05) is 13.2 Å². The van der Waals surface area contributed by atoms with Crippen molar-refractivity contribution in [1.29, 1.82) is 0 Å². The summed E-state index contributed by atoms with van der Waals surface area (Å²) in [7, 11) is 4.06. The van der Waals surface area contributed by atoms with Gasteiger partial charge in [-0.2, -0.15) is 5.10 Å². The van der Waals surface area contributed by atoms with Crippen molar-refractivity contribution in [3.8, 4) is 0 Å². The Morgan fingerprint density at radius 2 is 2.04 bits per heavy atom. The van der Waals surface area contributed by atoms with Crippen LogP contribution in [-0.4, -0.2) is 55.6 Å². The molecule has 0 N–H and O–H groups in total. The van der Waals surface area contributed by atoms with E-state index in [0.29, 0.717) is 12.0 Å². The van der Waals surface area contributed by atoms with E-state index < -0.39 is 0 Å². The van der Waals surface area contributed by atoms with Gasteiger partial charge in [0.05, 0.1) is 24.5 Å². The van der Waals surface area contributed by atoms with E-state index in [0.717, 1.165) is 49.8 Å². The highest BCUT2D eigenvalue weighted by molar-refractivity contribution is 5.42. The quantitative estimate of drug-likeness (QED) is 0.757. The summed E-state index contributed by atoms with van der Waals surface area (Å²) in [6, 6.07) is 2.14. The van der Waals surface area contributed by atoms with Crippen molar-refractivity contribution in [3.63, 3.8) is 0 Å². The SMILES string of the molecule is CC(C)N(C)c1cnn(C2CCCN(Cc3nnc(C4CC4)n3C)C2)c(=O)c1. The molecule has 2 fully saturated rings. The Labute approximate surface area is 166 Å². The van der Waals surface area contributed by atoms with Gasteiger partial charge >= 0.3 is 0 Å². The van der Waals surface area contributed by atoms with Crippen molar-refractivity contribution in [2.75, 3.05) is 25.0 Å². The van der Waals surface area contributed by atoms with E-state index >= 15 is 0 Å². The van der Waals surface area contributed by atoms with Crippen LogP contribution in [0.2, 0.25) is 0 Å². The second-order valence-corrected chi connectivity index (χ2v) is 8.54. The monoisotopic (exact) mass is 385 g/mol. The lowest BCUT2D eigenvalue weighted by atomic mass is 10.1. The molecular weight excluding hydrogens is 354 g/mol. The van der Waals surface area contributed by atoms with Gasteiger partial charge in [-0.3, -0.25) is 9.69 Å². The lowest BCUT2D eigenvalue weighted by Crippen LogP contribution is -2.41. The minimum Gasteiger partial charge on any atom is -0.371 e. The molecular formula is C20H31N7O. The molecule has 8 heteroatoms. The maximum atomic E-state index is 12.7. The number of aromatic nitrogens is 5. The molecule has 0 radical (unpaired) electrons. The lowest BCUT2D eigenvalue weighted by molar-refractivity contribution is 0.155. The summed E-state index contributed by atoms with van der Waals surface area (Å²) in [5.74, 6) is 2.73. The summed E-state index contributed by atoms with van der Waals surface area (Å²) < 4.78 is 3.82. The molecule has 0 spiro atoms. The first kappa shape index (κ1) is 19.1. The van der Waals surface area contributed by atoms with Crippen LogP contribution < -0.4 is 10.5 Å². The average molecular weight is 386 g/mol. The van der Waals surface area contributed by atoms with Crippen molar-refractivity contribution in [1.82, 2.24) is 29.4 Å². The standard InChI is InChI=1S/C20H31N7O/c1-14(2)24(3)17-10-19(28)27(21-11-17)16-6-5-9-26(12-16)13-18-22-23-20(25(18)4)15-7-8-15/h10-11,14-16H,5-9,12-13H2,1-4H3. The van der Waals surface area contributed by atoms with Gasteiger partial charge in [0.2, 0.25) is 0 Å². The molecule has 4 rings (SSSR count). The molecule has 1 unspecified atom stereocenters. The number of rotatable bonds is 6. The third-order valence-electron chi connectivity index (χ3n) is 6.13. The normalized spacial score (nSPS) is 20.7. The minimum atomic E-state index is -0.0217. The zero-order chi connectivity index (χ0) is 19.8. The largest absolute Gasteiger partial charge is 0.371 e. The molecule has 152 valence electrons. The first-order valence-corrected chi connectivity index (χ1v) is 10.4. The van der Waals surface area contributed by atoms with Crippen LogP contribution in [0.1, 0.15) is 63.1 Å². The third kappa shape index (κ3) is 3.83. The van der Waals surface area contributed by atoms with Crippen LogP contribution in [0.15, 0.2) is 17.1 Å². The fourth-order valence-corrected chi connectivity index (χ4v) is 3.96. The Morgan fingerprint density at radius 3 is 2.71 bits per heavy atom. The first-order valence-electron chi connectivity index (χ1n) is 10.4. The van der Waals surface area contributed by atoms with Crippen LogP contribution in [0, 0.1) is 0 Å². The molecule has 2 aromatic rings. The Morgan fingerprint density at radius 1 is 1.25 bits per heavy atom. The Hall–Kier alpha value is -2.22. The number of hydrogen-bond acceptors (Lipinski definition) is 6. The Kier molecular flexibility index (Phi) is 5.23. The maximum Gasteiger partial charge on any atom is 0.269 e. The second-order valence-electron chi connectivity index (χ2n) is 8.54. The van der Waals surface area contributed by atoms with Gasteiger partial charge in [0.25, 0.3) is 5.56 Å². The molecule has 2 aromatic heterocycles. The smallest absolute Gasteiger partial charge is 0.269 e. The molecule has 1 aliphatic heterocycles. The minimum absolute atomic E-state index is 0.0217. The Balaban J connectivity index is 1.46. The molecule has 8 nitrogen and oxygen atoms in total. The second kappa shape index (κ2) is 7.66. The lowest BCUT2D eigenvalue weighted by Gasteiger charge is -2.32. The summed E-state index contributed by atoms with van der Waals surface area (Å²) in [5.41, 5.74) is 0.849. The molecule has 0 aromatic carbocycles. The van der Waals surface area contributed by atoms with E-state index in [1.165, 1.54) is 12.8 Å². The summed E-state index contributed by atoms with van der Waals surface area (Å²) in [6.07, 6.45) is 6.31. The third-order valence-corrected chi connectivity index (χ3v) is 6.13. The first-order chi connectivity index (χ1) is 13.4. The highest BCUT2D eigenvalue weighted by Gasteiger charge is 2.30. The average Bonchev–Trinajstić information content (AvgIpc) is 3.46. The number of likely N-dealkylation sites (tertiary alicyclic amines) is 1. The molecule has 3 heterocycles. The molecule has 0 bridgehead atoms. The zero-order valence-corrected chi connectivity index (χ0v) is 17.4. The van der Waals surface area contributed by atoms with Crippen molar-refractivity contribution < 1.29 is 0 Å². The van der Waals surface area contributed by atoms with Gasteiger partial charge in [0, 0.05) is 38.7 Å². The van der Waals surface area contributed by atoms with Gasteiger partial charge < -0.3 is 9.47 Å². The fourth-order valence-electron chi connectivity index (χ4n) is 3.96. The molecule has 0 amide bonds. The predicted molar refractivity (Wildman–Crippen MR) is 109 cm³/mol. The van der Waals surface area contributed by atoms with Gasteiger partial charge in [0.15, 0.2) is 0 Å². The van der Waals surface area contributed by atoms with Gasteiger partial charge in [-0.15, -0.1) is 10.2 Å². The van der Waals surface area contributed by atoms with E-state index in [2.05, 4.69) is 50.6 Å². The number of hydrogen-bond donors (Lipinski definition) is 0.